The van der Waals surface area contributed by atoms with Crippen LogP contribution in [0.4, 0.5) is 0 Å². The van der Waals surface area contributed by atoms with Gasteiger partial charge in [0.2, 0.25) is 0 Å². The molecule has 194 valence electrons. The molecule has 4 aliphatic rings. The maximum absolute atomic E-state index is 14.0. The first-order chi connectivity index (χ1) is 16.1. The molecular formula is C30H44O5. The maximum atomic E-state index is 14.0. The van der Waals surface area contributed by atoms with E-state index in [4.69, 9.17) is 5.11 Å². The van der Waals surface area contributed by atoms with Crippen molar-refractivity contribution in [2.24, 2.45) is 39.4 Å². The van der Waals surface area contributed by atoms with Crippen molar-refractivity contribution in [3.05, 3.63) is 22.8 Å². The monoisotopic (exact) mass is 484 g/mol. The molecule has 0 saturated heterocycles. The number of Topliss-reactive ketones (excluding diaryl/α,β-unsaturated/α-hetero) is 2. The average molecular weight is 485 g/mol. The van der Waals surface area contributed by atoms with E-state index in [9.17, 15) is 19.5 Å². The van der Waals surface area contributed by atoms with Crippen LogP contribution in [0.1, 0.15) is 99.8 Å². The minimum absolute atomic E-state index is 0.157. The van der Waals surface area contributed by atoms with Crippen LogP contribution in [0.5, 0.6) is 0 Å². The Morgan fingerprint density at radius 1 is 1.14 bits per heavy atom. The van der Waals surface area contributed by atoms with Crippen molar-refractivity contribution < 1.29 is 24.6 Å². The lowest BCUT2D eigenvalue weighted by atomic mass is 9.43. The van der Waals surface area contributed by atoms with E-state index in [1.54, 1.807) is 13.0 Å². The third-order valence-corrected chi connectivity index (χ3v) is 11.5. The summed E-state index contributed by atoms with van der Waals surface area (Å²) < 4.78 is 0. The lowest BCUT2D eigenvalue weighted by Gasteiger charge is -2.60. The van der Waals surface area contributed by atoms with Crippen LogP contribution in [0.15, 0.2) is 22.8 Å². The lowest BCUT2D eigenvalue weighted by molar-refractivity contribution is -0.143. The number of carboxylic acids is 1. The molecule has 0 heterocycles. The Kier molecular flexibility index (Phi) is 6.31. The Bertz CT molecular complexity index is 1020. The molecule has 0 amide bonds. The molecule has 4 aliphatic carbocycles. The quantitative estimate of drug-likeness (QED) is 0.474. The Labute approximate surface area is 210 Å². The molecule has 0 aromatic rings. The number of aliphatic hydroxyl groups excluding tert-OH is 1. The van der Waals surface area contributed by atoms with E-state index in [1.165, 1.54) is 5.57 Å². The van der Waals surface area contributed by atoms with Gasteiger partial charge in [0, 0.05) is 40.2 Å². The Hall–Kier alpha value is -1.75. The van der Waals surface area contributed by atoms with Crippen LogP contribution in [0.25, 0.3) is 0 Å². The van der Waals surface area contributed by atoms with E-state index in [1.807, 2.05) is 0 Å². The van der Waals surface area contributed by atoms with Crippen LogP contribution in [0, 0.1) is 39.4 Å². The van der Waals surface area contributed by atoms with Gasteiger partial charge in [-0.05, 0) is 68.6 Å². The molecule has 2 N–H and O–H groups in total. The average Bonchev–Trinajstić information content (AvgIpc) is 2.97. The van der Waals surface area contributed by atoms with Gasteiger partial charge in [0.05, 0.1) is 6.10 Å². The smallest absolute Gasteiger partial charge is 0.330 e. The number of hydrogen-bond acceptors (Lipinski definition) is 4. The fourth-order valence-electron chi connectivity index (χ4n) is 9.10. The zero-order valence-corrected chi connectivity index (χ0v) is 22.7. The molecule has 7 atom stereocenters. The Morgan fingerprint density at radius 2 is 1.80 bits per heavy atom. The molecule has 2 fully saturated rings. The predicted octanol–water partition coefficient (Wildman–Crippen LogP) is 5.90. The second-order valence-electron chi connectivity index (χ2n) is 13.3. The summed E-state index contributed by atoms with van der Waals surface area (Å²) in [6, 6.07) is 0. The summed E-state index contributed by atoms with van der Waals surface area (Å²) in [5, 5.41) is 20.8. The van der Waals surface area contributed by atoms with Crippen molar-refractivity contribution in [2.75, 3.05) is 0 Å². The minimum Gasteiger partial charge on any atom is -0.478 e. The topological polar surface area (TPSA) is 91.7 Å². The van der Waals surface area contributed by atoms with E-state index in [2.05, 4.69) is 41.5 Å². The number of allylic oxidation sites excluding steroid dienone is 2. The van der Waals surface area contributed by atoms with Gasteiger partial charge in [-0.1, -0.05) is 53.2 Å². The van der Waals surface area contributed by atoms with Gasteiger partial charge in [0.1, 0.15) is 5.78 Å². The van der Waals surface area contributed by atoms with Gasteiger partial charge < -0.3 is 10.2 Å². The van der Waals surface area contributed by atoms with E-state index in [0.717, 1.165) is 31.3 Å². The van der Waals surface area contributed by atoms with Crippen LogP contribution < -0.4 is 0 Å². The first-order valence-corrected chi connectivity index (χ1v) is 13.5. The number of carbonyl (C=O) groups is 3. The van der Waals surface area contributed by atoms with Gasteiger partial charge >= 0.3 is 5.97 Å². The van der Waals surface area contributed by atoms with Crippen LogP contribution in [-0.2, 0) is 14.4 Å². The number of aliphatic carboxylic acids is 1. The molecule has 4 rings (SSSR count). The van der Waals surface area contributed by atoms with Crippen molar-refractivity contribution in [3.63, 3.8) is 0 Å². The van der Waals surface area contributed by atoms with Crippen LogP contribution >= 0.6 is 0 Å². The second-order valence-corrected chi connectivity index (χ2v) is 13.3. The largest absolute Gasteiger partial charge is 0.478 e. The van der Waals surface area contributed by atoms with Crippen LogP contribution in [-0.4, -0.2) is 33.9 Å². The predicted molar refractivity (Wildman–Crippen MR) is 136 cm³/mol. The van der Waals surface area contributed by atoms with Gasteiger partial charge in [-0.2, -0.15) is 0 Å². The number of hydrogen-bond donors (Lipinski definition) is 2. The third kappa shape index (κ3) is 3.54. The molecule has 5 heteroatoms. The van der Waals surface area contributed by atoms with Crippen molar-refractivity contribution in [2.45, 2.75) is 106 Å². The molecule has 0 aliphatic heterocycles. The van der Waals surface area contributed by atoms with Gasteiger partial charge in [0.15, 0.2) is 5.78 Å². The molecule has 0 bridgehead atoms. The van der Waals surface area contributed by atoms with Crippen molar-refractivity contribution >= 4 is 17.5 Å². The van der Waals surface area contributed by atoms with Crippen molar-refractivity contribution in [1.29, 1.82) is 0 Å². The van der Waals surface area contributed by atoms with E-state index < -0.39 is 22.9 Å². The summed E-state index contributed by atoms with van der Waals surface area (Å²) in [5.74, 6) is 0.263. The van der Waals surface area contributed by atoms with Crippen LogP contribution in [0.2, 0.25) is 0 Å². The maximum Gasteiger partial charge on any atom is 0.330 e. The van der Waals surface area contributed by atoms with Crippen LogP contribution in [0.3, 0.4) is 0 Å². The molecule has 0 radical (unpaired) electrons. The zero-order valence-electron chi connectivity index (χ0n) is 22.7. The molecular weight excluding hydrogens is 440 g/mol. The van der Waals surface area contributed by atoms with Gasteiger partial charge in [0.25, 0.3) is 0 Å². The summed E-state index contributed by atoms with van der Waals surface area (Å²) in [7, 11) is 0. The van der Waals surface area contributed by atoms with E-state index in [-0.39, 0.29) is 34.4 Å². The second kappa shape index (κ2) is 8.39. The number of carboxylic acid groups (broad SMARTS) is 1. The Balaban J connectivity index is 1.71. The highest BCUT2D eigenvalue weighted by Gasteiger charge is 2.68. The standard InChI is InChI=1S/C30H44O5/c1-17(9-8-10-18(2)26(34)35)20-15-24(33)30(7)19-11-12-22-27(3,4)23(32)13-14-28(22,5)25(19)21(31)16-29(20,30)6/h10,17,20,22,24,33H,8-9,11-16H2,1-7H3,(H,34,35)/b18-10-/t17-,20+,22-,24-,28-,29+,30+/m0/s1. The zero-order chi connectivity index (χ0) is 26.1. The van der Waals surface area contributed by atoms with Crippen molar-refractivity contribution in [3.8, 4) is 0 Å². The molecule has 35 heavy (non-hydrogen) atoms. The summed E-state index contributed by atoms with van der Waals surface area (Å²) in [6.07, 6.45) is 6.82. The highest BCUT2D eigenvalue weighted by molar-refractivity contribution is 6.00. The Morgan fingerprint density at radius 3 is 2.43 bits per heavy atom. The summed E-state index contributed by atoms with van der Waals surface area (Å²) >= 11 is 0. The normalized spacial score (nSPS) is 41.8. The molecule has 0 spiro atoms. The third-order valence-electron chi connectivity index (χ3n) is 11.5. The SMILES string of the molecule is C/C(=C/CC[C@H](C)[C@H]1C[C@H](O)[C@@]2(C)C3=C(C(=O)C[C@]12C)[C@@]1(C)CCC(=O)C(C)(C)[C@@H]1CC3)C(=O)O. The van der Waals surface area contributed by atoms with E-state index in [0.29, 0.717) is 37.0 Å². The summed E-state index contributed by atoms with van der Waals surface area (Å²) in [6.45, 7) is 14.6. The number of fused-ring (bicyclic) bond motifs is 4. The fourth-order valence-corrected chi connectivity index (χ4v) is 9.10. The summed E-state index contributed by atoms with van der Waals surface area (Å²) in [4.78, 5) is 38.0. The number of rotatable bonds is 5. The van der Waals surface area contributed by atoms with Gasteiger partial charge in [-0.25, -0.2) is 4.79 Å². The van der Waals surface area contributed by atoms with E-state index >= 15 is 0 Å². The minimum atomic E-state index is -0.887. The number of ketones is 2. The highest BCUT2D eigenvalue weighted by Crippen LogP contribution is 2.71. The highest BCUT2D eigenvalue weighted by atomic mass is 16.4. The number of aliphatic hydroxyl groups is 1. The van der Waals surface area contributed by atoms with Gasteiger partial charge in [-0.3, -0.25) is 9.59 Å². The molecule has 2 saturated carbocycles. The fraction of sp³-hybridized carbons (Fsp3) is 0.767. The van der Waals surface area contributed by atoms with Crippen molar-refractivity contribution in [1.82, 2.24) is 0 Å². The molecule has 5 nitrogen and oxygen atoms in total. The first kappa shape index (κ1) is 26.3. The molecule has 0 aromatic heterocycles. The molecule has 0 unspecified atom stereocenters. The lowest BCUT2D eigenvalue weighted by Crippen LogP contribution is -2.57. The first-order valence-electron chi connectivity index (χ1n) is 13.5. The number of carbonyl (C=O) groups excluding carboxylic acids is 2. The molecule has 0 aromatic carbocycles. The summed E-state index contributed by atoms with van der Waals surface area (Å²) in [5.41, 5.74) is 0.944. The van der Waals surface area contributed by atoms with Gasteiger partial charge in [-0.15, -0.1) is 0 Å².